The maximum atomic E-state index is 13.6. The number of alkyl halides is 5. The molecule has 0 spiro atoms. The summed E-state index contributed by atoms with van der Waals surface area (Å²) in [7, 11) is 0. The van der Waals surface area contributed by atoms with Crippen LogP contribution in [0.15, 0.2) is 18.2 Å². The van der Waals surface area contributed by atoms with Gasteiger partial charge in [-0.3, -0.25) is 0 Å². The van der Waals surface area contributed by atoms with Crippen LogP contribution < -0.4 is 5.32 Å². The lowest BCUT2D eigenvalue weighted by molar-refractivity contribution is -0.137. The van der Waals surface area contributed by atoms with Gasteiger partial charge in [0.15, 0.2) is 6.61 Å². The fourth-order valence-corrected chi connectivity index (χ4v) is 1.75. The van der Waals surface area contributed by atoms with Crippen molar-refractivity contribution in [1.82, 2.24) is 5.32 Å². The van der Waals surface area contributed by atoms with Crippen molar-refractivity contribution >= 4 is 18.5 Å². The summed E-state index contributed by atoms with van der Waals surface area (Å²) in [6, 6.07) is -0.933. The van der Waals surface area contributed by atoms with Gasteiger partial charge in [0.25, 0.3) is 0 Å². The number of carbonyl (C=O) groups is 1. The van der Waals surface area contributed by atoms with Crippen LogP contribution in [0.1, 0.15) is 17.2 Å². The van der Waals surface area contributed by atoms with E-state index in [1.54, 1.807) is 5.32 Å². The van der Waals surface area contributed by atoms with Crippen molar-refractivity contribution in [3.05, 3.63) is 35.1 Å². The van der Waals surface area contributed by atoms with Crippen molar-refractivity contribution < 1.29 is 35.9 Å². The molecule has 10 heteroatoms. The molecule has 0 unspecified atom stereocenters. The van der Waals surface area contributed by atoms with Gasteiger partial charge in [-0.2, -0.15) is 13.2 Å². The zero-order chi connectivity index (χ0) is 15.1. The predicted octanol–water partition coefficient (Wildman–Crippen LogP) is 3.68. The summed E-state index contributed by atoms with van der Waals surface area (Å²) < 4.78 is 81.8. The van der Waals surface area contributed by atoms with E-state index in [1.165, 1.54) is 0 Å². The van der Waals surface area contributed by atoms with E-state index in [0.29, 0.717) is 12.1 Å². The van der Waals surface area contributed by atoms with E-state index in [9.17, 15) is 31.1 Å². The van der Waals surface area contributed by atoms with Gasteiger partial charge in [0, 0.05) is 5.56 Å². The van der Waals surface area contributed by atoms with Crippen molar-refractivity contribution in [1.29, 1.82) is 0 Å². The van der Waals surface area contributed by atoms with E-state index >= 15 is 0 Å². The third-order valence-electron chi connectivity index (χ3n) is 2.72. The molecule has 1 N–H and O–H groups in total. The minimum Gasteiger partial charge on any atom is -0.443 e. The molecule has 1 heterocycles. The highest BCUT2D eigenvalue weighted by Crippen LogP contribution is 2.37. The molecule has 1 saturated heterocycles. The van der Waals surface area contributed by atoms with Crippen LogP contribution in [-0.4, -0.2) is 18.6 Å². The molecule has 0 saturated carbocycles. The summed E-state index contributed by atoms with van der Waals surface area (Å²) >= 11 is 0. The Hall–Kier alpha value is -1.64. The van der Waals surface area contributed by atoms with Gasteiger partial charge in [0.05, 0.1) is 5.56 Å². The Kier molecular flexibility index (Phi) is 4.66. The number of ether oxygens (including phenoxy) is 1. The first-order chi connectivity index (χ1) is 9.11. The quantitative estimate of drug-likeness (QED) is 0.795. The van der Waals surface area contributed by atoms with E-state index in [-0.39, 0.29) is 18.5 Å². The highest BCUT2D eigenvalue weighted by molar-refractivity contribution is 5.85. The normalized spacial score (nSPS) is 21.0. The van der Waals surface area contributed by atoms with Crippen LogP contribution in [0.3, 0.4) is 0 Å². The lowest BCUT2D eigenvalue weighted by Crippen LogP contribution is -2.49. The summed E-state index contributed by atoms with van der Waals surface area (Å²) in [6.07, 6.45) is -5.99. The summed E-state index contributed by atoms with van der Waals surface area (Å²) in [6.45, 7) is -1.27. The van der Waals surface area contributed by atoms with Crippen LogP contribution in [0.4, 0.5) is 31.1 Å². The Morgan fingerprint density at radius 2 is 1.90 bits per heavy atom. The Labute approximate surface area is 120 Å². The van der Waals surface area contributed by atoms with Crippen LogP contribution in [0.25, 0.3) is 0 Å². The SMILES string of the molecule is Cl.O=C1N[C@H](c2ccc(C(F)(F)F)cc2F)C(F)(F)CO1. The molecule has 21 heavy (non-hydrogen) atoms. The Bertz CT molecular complexity index is 548. The maximum absolute atomic E-state index is 13.6. The van der Waals surface area contributed by atoms with E-state index in [2.05, 4.69) is 4.74 Å². The van der Waals surface area contributed by atoms with Crippen molar-refractivity contribution in [2.75, 3.05) is 6.61 Å². The van der Waals surface area contributed by atoms with Crippen LogP contribution in [0, 0.1) is 5.82 Å². The molecule has 0 radical (unpaired) electrons. The van der Waals surface area contributed by atoms with E-state index in [0.717, 1.165) is 0 Å². The van der Waals surface area contributed by atoms with Crippen molar-refractivity contribution in [3.63, 3.8) is 0 Å². The molecule has 0 bridgehead atoms. The topological polar surface area (TPSA) is 38.3 Å². The third kappa shape index (κ3) is 3.52. The molecule has 118 valence electrons. The minimum absolute atomic E-state index is 0. The molecule has 3 nitrogen and oxygen atoms in total. The van der Waals surface area contributed by atoms with Gasteiger partial charge in [0.2, 0.25) is 0 Å². The van der Waals surface area contributed by atoms with Crippen molar-refractivity contribution in [2.45, 2.75) is 18.1 Å². The summed E-state index contributed by atoms with van der Waals surface area (Å²) in [5.74, 6) is -5.11. The molecule has 1 aliphatic heterocycles. The van der Waals surface area contributed by atoms with Gasteiger partial charge in [-0.05, 0) is 12.1 Å². The number of cyclic esters (lactones) is 1. The van der Waals surface area contributed by atoms with Gasteiger partial charge < -0.3 is 10.1 Å². The summed E-state index contributed by atoms with van der Waals surface area (Å²) in [5.41, 5.74) is -2.04. The van der Waals surface area contributed by atoms with Crippen LogP contribution in [0.2, 0.25) is 0 Å². The monoisotopic (exact) mass is 335 g/mol. The molecular weight excluding hydrogens is 328 g/mol. The van der Waals surface area contributed by atoms with Gasteiger partial charge in [-0.1, -0.05) is 6.07 Å². The third-order valence-corrected chi connectivity index (χ3v) is 2.72. The lowest BCUT2D eigenvalue weighted by Gasteiger charge is -2.32. The van der Waals surface area contributed by atoms with Crippen LogP contribution >= 0.6 is 12.4 Å². The van der Waals surface area contributed by atoms with Gasteiger partial charge in [-0.25, -0.2) is 18.0 Å². The average molecular weight is 336 g/mol. The number of carbonyl (C=O) groups excluding carboxylic acids is 1. The highest BCUT2D eigenvalue weighted by Gasteiger charge is 2.48. The van der Waals surface area contributed by atoms with E-state index in [1.807, 2.05) is 0 Å². The van der Waals surface area contributed by atoms with Gasteiger partial charge in [-0.15, -0.1) is 12.4 Å². The zero-order valence-electron chi connectivity index (χ0n) is 10.0. The van der Waals surface area contributed by atoms with Crippen LogP contribution in [-0.2, 0) is 10.9 Å². The molecule has 1 aromatic rings. The Balaban J connectivity index is 0.00000220. The van der Waals surface area contributed by atoms with Crippen molar-refractivity contribution in [3.8, 4) is 0 Å². The van der Waals surface area contributed by atoms with E-state index < -0.39 is 47.8 Å². The van der Waals surface area contributed by atoms with Gasteiger partial charge in [0.1, 0.15) is 11.9 Å². The first-order valence-corrected chi connectivity index (χ1v) is 5.29. The Morgan fingerprint density at radius 1 is 1.29 bits per heavy atom. The number of hydrogen-bond donors (Lipinski definition) is 1. The first-order valence-electron chi connectivity index (χ1n) is 5.29. The predicted molar refractivity (Wildman–Crippen MR) is 60.8 cm³/mol. The largest absolute Gasteiger partial charge is 0.443 e. The summed E-state index contributed by atoms with van der Waals surface area (Å²) in [4.78, 5) is 10.9. The highest BCUT2D eigenvalue weighted by atomic mass is 35.5. The van der Waals surface area contributed by atoms with Gasteiger partial charge >= 0.3 is 18.2 Å². The second kappa shape index (κ2) is 5.63. The number of alkyl carbamates (subject to hydrolysis) is 1. The molecule has 1 fully saturated rings. The number of benzene rings is 1. The molecule has 2 rings (SSSR count). The first kappa shape index (κ1) is 17.4. The molecule has 1 amide bonds. The lowest BCUT2D eigenvalue weighted by atomic mass is 9.98. The second-order valence-electron chi connectivity index (χ2n) is 4.15. The number of hydrogen-bond acceptors (Lipinski definition) is 2. The standard InChI is InChI=1S/C11H7F6NO2.ClH/c12-7-3-5(11(15,16)17)1-2-6(7)8-10(13,14)4-20-9(19)18-8;/h1-3,8H,4H2,(H,18,19);1H/t8-;/m1./s1. The van der Waals surface area contributed by atoms with Crippen molar-refractivity contribution in [2.24, 2.45) is 0 Å². The molecular formula is C11H8ClF6NO2. The molecule has 1 aliphatic rings. The summed E-state index contributed by atoms with van der Waals surface area (Å²) in [5, 5.41) is 1.69. The fourth-order valence-electron chi connectivity index (χ4n) is 1.75. The number of rotatable bonds is 1. The minimum atomic E-state index is -4.79. The fraction of sp³-hybridized carbons (Fsp3) is 0.364. The smallest absolute Gasteiger partial charge is 0.416 e. The number of halogens is 7. The average Bonchev–Trinajstić information content (AvgIpc) is 2.31. The maximum Gasteiger partial charge on any atom is 0.416 e. The molecule has 1 aromatic carbocycles. The Morgan fingerprint density at radius 3 is 2.43 bits per heavy atom. The number of amides is 1. The molecule has 1 atom stereocenters. The second-order valence-corrected chi connectivity index (χ2v) is 4.15. The number of nitrogens with one attached hydrogen (secondary N) is 1. The van der Waals surface area contributed by atoms with E-state index in [4.69, 9.17) is 0 Å². The molecule has 0 aromatic heterocycles. The zero-order valence-corrected chi connectivity index (χ0v) is 10.8. The molecule has 0 aliphatic carbocycles. The van der Waals surface area contributed by atoms with Crippen LogP contribution in [0.5, 0.6) is 0 Å².